The molecule has 0 bridgehead atoms. The van der Waals surface area contributed by atoms with Crippen LogP contribution in [0.2, 0.25) is 0 Å². The van der Waals surface area contributed by atoms with Gasteiger partial charge in [0.2, 0.25) is 0 Å². The molecule has 2 aromatic rings. The van der Waals surface area contributed by atoms with Crippen LogP contribution in [-0.4, -0.2) is 10.2 Å². The lowest BCUT2D eigenvalue weighted by atomic mass is 10.1. The summed E-state index contributed by atoms with van der Waals surface area (Å²) < 4.78 is 0. The van der Waals surface area contributed by atoms with Crippen LogP contribution < -0.4 is 0 Å². The van der Waals surface area contributed by atoms with Crippen LogP contribution in [0.15, 0.2) is 36.4 Å². The maximum Gasteiger partial charge on any atom is 0.116 e. The van der Waals surface area contributed by atoms with E-state index in [0.717, 1.165) is 10.8 Å². The number of hydrogen-bond acceptors (Lipinski definition) is 2. The van der Waals surface area contributed by atoms with Crippen LogP contribution in [0.4, 0.5) is 0 Å². The first-order chi connectivity index (χ1) is 6.75. The van der Waals surface area contributed by atoms with E-state index in [0.29, 0.717) is 0 Å². The minimum absolute atomic E-state index is 0.244. The molecule has 2 nitrogen and oxygen atoms in total. The number of hydrogen-bond donors (Lipinski definition) is 2. The van der Waals surface area contributed by atoms with E-state index in [1.807, 2.05) is 13.8 Å². The highest BCUT2D eigenvalue weighted by molar-refractivity contribution is 5.84. The van der Waals surface area contributed by atoms with Gasteiger partial charge in [0.25, 0.3) is 0 Å². The second kappa shape index (κ2) is 4.51. The van der Waals surface area contributed by atoms with Crippen LogP contribution in [0, 0.1) is 0 Å². The average molecular weight is 190 g/mol. The van der Waals surface area contributed by atoms with Gasteiger partial charge in [-0.05, 0) is 35.0 Å². The molecular weight excluding hydrogens is 176 g/mol. The van der Waals surface area contributed by atoms with Gasteiger partial charge in [-0.3, -0.25) is 0 Å². The van der Waals surface area contributed by atoms with Crippen molar-refractivity contribution < 1.29 is 10.2 Å². The normalized spacial score (nSPS) is 9.29. The first-order valence-corrected chi connectivity index (χ1v) is 4.67. The first kappa shape index (κ1) is 10.4. The predicted octanol–water partition coefficient (Wildman–Crippen LogP) is 3.28. The quantitative estimate of drug-likeness (QED) is 0.669. The molecule has 0 unspecified atom stereocenters. The minimum atomic E-state index is 0.244. The van der Waals surface area contributed by atoms with Crippen molar-refractivity contribution in [3.05, 3.63) is 36.4 Å². The summed E-state index contributed by atoms with van der Waals surface area (Å²) in [6, 6.07) is 10.1. The Kier molecular flexibility index (Phi) is 3.35. The molecule has 0 spiro atoms. The highest BCUT2D eigenvalue weighted by Gasteiger charge is 1.95. The maximum atomic E-state index is 9.14. The lowest BCUT2D eigenvalue weighted by molar-refractivity contribution is 0.474. The van der Waals surface area contributed by atoms with E-state index in [2.05, 4.69) is 0 Å². The Morgan fingerprint density at radius 1 is 0.714 bits per heavy atom. The van der Waals surface area contributed by atoms with Gasteiger partial charge in [0.15, 0.2) is 0 Å². The van der Waals surface area contributed by atoms with Crippen molar-refractivity contribution >= 4 is 10.8 Å². The highest BCUT2D eigenvalue weighted by atomic mass is 16.3. The number of phenolic OH excluding ortho intramolecular Hbond substituents is 2. The van der Waals surface area contributed by atoms with Crippen molar-refractivity contribution in [2.24, 2.45) is 0 Å². The number of phenols is 2. The van der Waals surface area contributed by atoms with E-state index in [1.54, 1.807) is 36.4 Å². The van der Waals surface area contributed by atoms with Crippen LogP contribution >= 0.6 is 0 Å². The Morgan fingerprint density at radius 2 is 1.07 bits per heavy atom. The maximum absolute atomic E-state index is 9.14. The highest BCUT2D eigenvalue weighted by Crippen LogP contribution is 2.23. The standard InChI is InChI=1S/C10H8O2.C2H6/c11-9-3-1-7-5-10(12)4-2-8(7)6-9;1-2/h1-6,11-12H;1-2H3. The smallest absolute Gasteiger partial charge is 0.116 e. The van der Waals surface area contributed by atoms with Gasteiger partial charge in [-0.25, -0.2) is 0 Å². The fourth-order valence-electron chi connectivity index (χ4n) is 1.22. The molecule has 0 aliphatic rings. The first-order valence-electron chi connectivity index (χ1n) is 4.67. The van der Waals surface area contributed by atoms with Gasteiger partial charge in [0.1, 0.15) is 11.5 Å². The van der Waals surface area contributed by atoms with Crippen LogP contribution in [0.25, 0.3) is 10.8 Å². The van der Waals surface area contributed by atoms with Gasteiger partial charge in [-0.1, -0.05) is 26.0 Å². The van der Waals surface area contributed by atoms with Gasteiger partial charge >= 0.3 is 0 Å². The van der Waals surface area contributed by atoms with E-state index < -0.39 is 0 Å². The molecule has 0 aromatic heterocycles. The summed E-state index contributed by atoms with van der Waals surface area (Å²) in [7, 11) is 0. The Balaban J connectivity index is 0.000000461. The van der Waals surface area contributed by atoms with Crippen LogP contribution in [-0.2, 0) is 0 Å². The molecule has 14 heavy (non-hydrogen) atoms. The third-order valence-electron chi connectivity index (χ3n) is 1.81. The Morgan fingerprint density at radius 3 is 1.43 bits per heavy atom. The number of rotatable bonds is 0. The zero-order chi connectivity index (χ0) is 10.6. The molecular formula is C12H14O2. The van der Waals surface area contributed by atoms with Crippen molar-refractivity contribution in [3.63, 3.8) is 0 Å². The van der Waals surface area contributed by atoms with Crippen molar-refractivity contribution in [1.29, 1.82) is 0 Å². The summed E-state index contributed by atoms with van der Waals surface area (Å²) in [6.45, 7) is 4.00. The molecule has 0 heterocycles. The average Bonchev–Trinajstić information content (AvgIpc) is 2.21. The van der Waals surface area contributed by atoms with Crippen molar-refractivity contribution in [2.75, 3.05) is 0 Å². The van der Waals surface area contributed by atoms with Crippen molar-refractivity contribution in [1.82, 2.24) is 0 Å². The molecule has 0 atom stereocenters. The molecule has 74 valence electrons. The van der Waals surface area contributed by atoms with Gasteiger partial charge in [0, 0.05) is 0 Å². The third kappa shape index (κ3) is 2.16. The molecule has 0 aliphatic carbocycles. The summed E-state index contributed by atoms with van der Waals surface area (Å²) in [5.41, 5.74) is 0. The largest absolute Gasteiger partial charge is 0.508 e. The third-order valence-corrected chi connectivity index (χ3v) is 1.81. The fraction of sp³-hybridized carbons (Fsp3) is 0.167. The van der Waals surface area contributed by atoms with E-state index in [9.17, 15) is 0 Å². The molecule has 2 heteroatoms. The van der Waals surface area contributed by atoms with E-state index in [4.69, 9.17) is 10.2 Å². The van der Waals surface area contributed by atoms with Crippen LogP contribution in [0.3, 0.4) is 0 Å². The van der Waals surface area contributed by atoms with Crippen LogP contribution in [0.1, 0.15) is 13.8 Å². The predicted molar refractivity (Wildman–Crippen MR) is 58.6 cm³/mol. The molecule has 0 saturated carbocycles. The molecule has 2 N–H and O–H groups in total. The summed E-state index contributed by atoms with van der Waals surface area (Å²) >= 11 is 0. The second-order valence-corrected chi connectivity index (χ2v) is 2.72. The van der Waals surface area contributed by atoms with Crippen molar-refractivity contribution in [3.8, 4) is 11.5 Å². The number of benzene rings is 2. The lowest BCUT2D eigenvalue weighted by Crippen LogP contribution is -1.71. The van der Waals surface area contributed by atoms with Crippen LogP contribution in [0.5, 0.6) is 11.5 Å². The minimum Gasteiger partial charge on any atom is -0.508 e. The molecule has 0 saturated heterocycles. The Labute approximate surface area is 83.4 Å². The molecule has 2 aromatic carbocycles. The zero-order valence-corrected chi connectivity index (χ0v) is 8.36. The molecule has 0 radical (unpaired) electrons. The number of aromatic hydroxyl groups is 2. The van der Waals surface area contributed by atoms with E-state index >= 15 is 0 Å². The Bertz CT molecular complexity index is 380. The molecule has 2 rings (SSSR count). The fourth-order valence-corrected chi connectivity index (χ4v) is 1.22. The summed E-state index contributed by atoms with van der Waals surface area (Å²) in [4.78, 5) is 0. The lowest BCUT2D eigenvalue weighted by Gasteiger charge is -1.98. The van der Waals surface area contributed by atoms with Gasteiger partial charge in [0.05, 0.1) is 0 Å². The summed E-state index contributed by atoms with van der Waals surface area (Å²) in [6.07, 6.45) is 0. The molecule has 0 fully saturated rings. The van der Waals surface area contributed by atoms with E-state index in [1.165, 1.54) is 0 Å². The van der Waals surface area contributed by atoms with Gasteiger partial charge < -0.3 is 10.2 Å². The molecule has 0 amide bonds. The number of fused-ring (bicyclic) bond motifs is 1. The Hall–Kier alpha value is -1.70. The van der Waals surface area contributed by atoms with Gasteiger partial charge in [-0.15, -0.1) is 0 Å². The molecule has 0 aliphatic heterocycles. The second-order valence-electron chi connectivity index (χ2n) is 2.72. The summed E-state index contributed by atoms with van der Waals surface area (Å²) in [5, 5.41) is 20.1. The zero-order valence-electron chi connectivity index (χ0n) is 8.36. The monoisotopic (exact) mass is 190 g/mol. The topological polar surface area (TPSA) is 40.5 Å². The summed E-state index contributed by atoms with van der Waals surface area (Å²) in [5.74, 6) is 0.487. The van der Waals surface area contributed by atoms with Crippen molar-refractivity contribution in [2.45, 2.75) is 13.8 Å². The van der Waals surface area contributed by atoms with E-state index in [-0.39, 0.29) is 11.5 Å². The van der Waals surface area contributed by atoms with Gasteiger partial charge in [-0.2, -0.15) is 0 Å². The SMILES string of the molecule is CC.Oc1ccc2cc(O)ccc2c1.